The van der Waals surface area contributed by atoms with Crippen molar-refractivity contribution in [1.82, 2.24) is 0 Å². The summed E-state index contributed by atoms with van der Waals surface area (Å²) in [6.07, 6.45) is 1.73. The highest BCUT2D eigenvalue weighted by Crippen LogP contribution is 1.90. The average molecular weight is 115 g/mol. The number of halogens is 1. The molecule has 1 heteroatoms. The molecule has 0 amide bonds. The van der Waals surface area contributed by atoms with Crippen molar-refractivity contribution in [3.05, 3.63) is 29.5 Å². The molecule has 0 aromatic rings. The van der Waals surface area contributed by atoms with Crippen molar-refractivity contribution in [1.29, 1.82) is 0 Å². The minimum Gasteiger partial charge on any atom is -0.125 e. The zero-order valence-corrected chi connectivity index (χ0v) is 5.00. The van der Waals surface area contributed by atoms with Gasteiger partial charge in [-0.15, -0.1) is 5.73 Å². The van der Waals surface area contributed by atoms with Gasteiger partial charge >= 0.3 is 0 Å². The highest BCUT2D eigenvalue weighted by molar-refractivity contribution is 6.25. The van der Waals surface area contributed by atoms with E-state index in [4.69, 9.17) is 11.6 Å². The summed E-state index contributed by atoms with van der Waals surface area (Å²) in [5, 5.41) is 0. The number of hydrogen-bond donors (Lipinski definition) is 0. The maximum absolute atomic E-state index is 5.21. The van der Waals surface area contributed by atoms with Crippen LogP contribution in [0.4, 0.5) is 0 Å². The highest BCUT2D eigenvalue weighted by Gasteiger charge is 1.69. The first-order chi connectivity index (χ1) is 3.31. The highest BCUT2D eigenvalue weighted by atomic mass is 35.5. The Kier molecular flexibility index (Phi) is 3.49. The van der Waals surface area contributed by atoms with Gasteiger partial charge in [0.25, 0.3) is 0 Å². The van der Waals surface area contributed by atoms with Gasteiger partial charge in [0.2, 0.25) is 0 Å². The molecular weight excluding hydrogens is 108 g/mol. The van der Waals surface area contributed by atoms with E-state index in [1.807, 2.05) is 6.92 Å². The molecule has 0 aromatic carbocycles. The van der Waals surface area contributed by atoms with E-state index in [2.05, 4.69) is 12.3 Å². The van der Waals surface area contributed by atoms with Crippen LogP contribution in [0.3, 0.4) is 0 Å². The molecule has 0 aliphatic carbocycles. The van der Waals surface area contributed by atoms with Crippen molar-refractivity contribution in [3.63, 3.8) is 0 Å². The third-order valence-corrected chi connectivity index (χ3v) is 0.718. The van der Waals surface area contributed by atoms with Gasteiger partial charge in [0.15, 0.2) is 0 Å². The molecule has 0 N–H and O–H groups in total. The Hall–Kier alpha value is -0.450. The van der Waals surface area contributed by atoms with E-state index in [1.165, 1.54) is 5.54 Å². The largest absolute Gasteiger partial charge is 0.125 e. The first-order valence-corrected chi connectivity index (χ1v) is 2.38. The van der Waals surface area contributed by atoms with Crippen LogP contribution in [-0.4, -0.2) is 0 Å². The molecule has 0 aliphatic rings. The Morgan fingerprint density at radius 2 is 2.43 bits per heavy atom. The summed E-state index contributed by atoms with van der Waals surface area (Å²) in [6, 6.07) is 0. The van der Waals surface area contributed by atoms with E-state index < -0.39 is 0 Å². The fourth-order valence-corrected chi connectivity index (χ4v) is 0.342. The molecule has 0 spiro atoms. The second-order valence-electron chi connectivity index (χ2n) is 1.15. The van der Waals surface area contributed by atoms with Gasteiger partial charge in [-0.1, -0.05) is 18.2 Å². The molecule has 0 saturated carbocycles. The monoisotopic (exact) mass is 114 g/mol. The SMILES string of the molecule is C=C=C(C)/C=C/Cl. The Labute approximate surface area is 48.8 Å². The summed E-state index contributed by atoms with van der Waals surface area (Å²) in [5.74, 6) is 0. The standard InChI is InChI=1S/C6H7Cl/c1-3-6(2)4-5-7/h4-5H,1H2,2H3/b5-4+. The molecule has 0 aliphatic heterocycles. The van der Waals surface area contributed by atoms with Crippen molar-refractivity contribution < 1.29 is 0 Å². The summed E-state index contributed by atoms with van der Waals surface area (Å²) >= 11 is 5.21. The second kappa shape index (κ2) is 3.73. The van der Waals surface area contributed by atoms with Crippen LogP contribution in [-0.2, 0) is 0 Å². The zero-order chi connectivity index (χ0) is 5.70. The van der Waals surface area contributed by atoms with Crippen molar-refractivity contribution in [3.8, 4) is 0 Å². The minimum absolute atomic E-state index is 0.954. The molecule has 0 heterocycles. The number of rotatable bonds is 1. The normalized spacial score (nSPS) is 8.86. The smallest absolute Gasteiger partial charge is 0.00512 e. The summed E-state index contributed by atoms with van der Waals surface area (Å²) in [6.45, 7) is 5.29. The predicted molar refractivity (Wildman–Crippen MR) is 33.3 cm³/mol. The van der Waals surface area contributed by atoms with Gasteiger partial charge in [0.1, 0.15) is 0 Å². The Morgan fingerprint density at radius 1 is 1.86 bits per heavy atom. The lowest BCUT2D eigenvalue weighted by Gasteiger charge is -1.75. The molecule has 0 rings (SSSR count). The van der Waals surface area contributed by atoms with Gasteiger partial charge in [-0.3, -0.25) is 0 Å². The Bertz CT molecular complexity index is 116. The summed E-state index contributed by atoms with van der Waals surface area (Å²) in [4.78, 5) is 0. The first-order valence-electron chi connectivity index (χ1n) is 1.94. The number of hydrogen-bond acceptors (Lipinski definition) is 0. The quantitative estimate of drug-likeness (QED) is 0.363. The first kappa shape index (κ1) is 6.55. The van der Waals surface area contributed by atoms with E-state index in [0.29, 0.717) is 0 Å². The fourth-order valence-electron chi connectivity index (χ4n) is 0.153. The lowest BCUT2D eigenvalue weighted by molar-refractivity contribution is 1.56. The van der Waals surface area contributed by atoms with Gasteiger partial charge < -0.3 is 0 Å². The van der Waals surface area contributed by atoms with E-state index in [9.17, 15) is 0 Å². The van der Waals surface area contributed by atoms with Crippen LogP contribution in [0.5, 0.6) is 0 Å². The van der Waals surface area contributed by atoms with Crippen LogP contribution in [0.1, 0.15) is 6.92 Å². The molecule has 0 saturated heterocycles. The van der Waals surface area contributed by atoms with Crippen LogP contribution in [0.15, 0.2) is 29.5 Å². The molecule has 38 valence electrons. The molecule has 0 atom stereocenters. The van der Waals surface area contributed by atoms with Crippen LogP contribution in [0.25, 0.3) is 0 Å². The van der Waals surface area contributed by atoms with Gasteiger partial charge in [0.05, 0.1) is 0 Å². The van der Waals surface area contributed by atoms with Crippen LogP contribution < -0.4 is 0 Å². The third kappa shape index (κ3) is 3.38. The van der Waals surface area contributed by atoms with Crippen molar-refractivity contribution in [2.24, 2.45) is 0 Å². The van der Waals surface area contributed by atoms with E-state index in [0.717, 1.165) is 5.57 Å². The van der Waals surface area contributed by atoms with Crippen molar-refractivity contribution in [2.75, 3.05) is 0 Å². The van der Waals surface area contributed by atoms with Gasteiger partial charge in [0, 0.05) is 5.54 Å². The maximum Gasteiger partial charge on any atom is 0.00512 e. The number of allylic oxidation sites excluding steroid dienone is 2. The molecular formula is C6H7Cl. The Balaban J connectivity index is 3.83. The average Bonchev–Trinajstić information content (AvgIpc) is 1.68. The molecule has 0 aromatic heterocycles. The third-order valence-electron chi connectivity index (χ3n) is 0.592. The molecule has 7 heavy (non-hydrogen) atoms. The Morgan fingerprint density at radius 3 is 2.57 bits per heavy atom. The van der Waals surface area contributed by atoms with Gasteiger partial charge in [-0.2, -0.15) is 0 Å². The van der Waals surface area contributed by atoms with E-state index in [-0.39, 0.29) is 0 Å². The molecule has 0 unspecified atom stereocenters. The molecule has 0 bridgehead atoms. The molecule has 0 nitrogen and oxygen atoms in total. The summed E-state index contributed by atoms with van der Waals surface area (Å²) < 4.78 is 0. The molecule has 0 radical (unpaired) electrons. The summed E-state index contributed by atoms with van der Waals surface area (Å²) in [5.41, 5.74) is 5.05. The van der Waals surface area contributed by atoms with Crippen LogP contribution in [0, 0.1) is 0 Å². The second-order valence-corrected chi connectivity index (χ2v) is 1.40. The topological polar surface area (TPSA) is 0 Å². The van der Waals surface area contributed by atoms with Gasteiger partial charge in [-0.05, 0) is 18.6 Å². The summed E-state index contributed by atoms with van der Waals surface area (Å²) in [7, 11) is 0. The van der Waals surface area contributed by atoms with Crippen LogP contribution >= 0.6 is 11.6 Å². The zero-order valence-electron chi connectivity index (χ0n) is 4.24. The maximum atomic E-state index is 5.21. The van der Waals surface area contributed by atoms with Gasteiger partial charge in [-0.25, -0.2) is 0 Å². The van der Waals surface area contributed by atoms with E-state index >= 15 is 0 Å². The van der Waals surface area contributed by atoms with E-state index in [1.54, 1.807) is 6.08 Å². The fraction of sp³-hybridized carbons (Fsp3) is 0.167. The molecule has 0 fully saturated rings. The van der Waals surface area contributed by atoms with Crippen molar-refractivity contribution in [2.45, 2.75) is 6.92 Å². The lowest BCUT2D eigenvalue weighted by atomic mass is 10.3. The lowest BCUT2D eigenvalue weighted by Crippen LogP contribution is -1.55. The van der Waals surface area contributed by atoms with Crippen molar-refractivity contribution >= 4 is 11.6 Å². The predicted octanol–water partition coefficient (Wildman–Crippen LogP) is 2.47. The minimum atomic E-state index is 0.954. The van der Waals surface area contributed by atoms with Crippen LogP contribution in [0.2, 0.25) is 0 Å².